The molecule has 2 aromatic rings. The van der Waals surface area contributed by atoms with Crippen molar-refractivity contribution in [3.8, 4) is 11.1 Å². The van der Waals surface area contributed by atoms with E-state index >= 15 is 0 Å². The fraction of sp³-hybridized carbons (Fsp3) is 0. The minimum absolute atomic E-state index is 0.0606. The van der Waals surface area contributed by atoms with E-state index in [2.05, 4.69) is 0 Å². The fourth-order valence-electron chi connectivity index (χ4n) is 1.33. The van der Waals surface area contributed by atoms with Crippen LogP contribution in [0, 0.1) is 10.1 Å². The van der Waals surface area contributed by atoms with E-state index in [1.165, 1.54) is 23.5 Å². The lowest BCUT2D eigenvalue weighted by Crippen LogP contribution is -1.92. The number of thiophene rings is 1. The number of nitrogens with two attached hydrogens (primary N) is 1. The number of benzene rings is 1. The minimum Gasteiger partial charge on any atom is -0.398 e. The van der Waals surface area contributed by atoms with Gasteiger partial charge in [0.2, 0.25) is 0 Å². The number of non-ortho nitro benzene ring substituents is 1. The van der Waals surface area contributed by atoms with Crippen LogP contribution in [0.4, 0.5) is 11.4 Å². The van der Waals surface area contributed by atoms with Gasteiger partial charge in [-0.25, -0.2) is 0 Å². The molecular formula is C10H8N2O2S. The molecule has 0 fully saturated rings. The lowest BCUT2D eigenvalue weighted by molar-refractivity contribution is -0.384. The van der Waals surface area contributed by atoms with Crippen molar-refractivity contribution in [1.29, 1.82) is 0 Å². The van der Waals surface area contributed by atoms with Gasteiger partial charge in [0, 0.05) is 23.4 Å². The monoisotopic (exact) mass is 220 g/mol. The first-order valence-electron chi connectivity index (χ1n) is 4.25. The second kappa shape index (κ2) is 3.70. The zero-order valence-corrected chi connectivity index (χ0v) is 8.53. The molecule has 0 unspecified atom stereocenters. The molecule has 76 valence electrons. The Kier molecular flexibility index (Phi) is 2.39. The van der Waals surface area contributed by atoms with Crippen LogP contribution in [-0.2, 0) is 0 Å². The smallest absolute Gasteiger partial charge is 0.270 e. The number of hydrogen-bond donors (Lipinski definition) is 1. The predicted molar refractivity (Wildman–Crippen MR) is 60.8 cm³/mol. The number of nitrogen functional groups attached to an aromatic ring is 1. The quantitative estimate of drug-likeness (QED) is 0.480. The van der Waals surface area contributed by atoms with Crippen LogP contribution in [0.15, 0.2) is 35.0 Å². The standard InChI is InChI=1S/C10H8N2O2S/c11-10-2-1-8(12(13)14)5-9(10)7-3-4-15-6-7/h1-6H,11H2. The SMILES string of the molecule is Nc1ccc([N+](=O)[O-])cc1-c1ccsc1. The van der Waals surface area contributed by atoms with Crippen LogP contribution in [0.1, 0.15) is 0 Å². The third-order valence-electron chi connectivity index (χ3n) is 2.08. The Morgan fingerprint density at radius 3 is 2.73 bits per heavy atom. The summed E-state index contributed by atoms with van der Waals surface area (Å²) >= 11 is 1.53. The highest BCUT2D eigenvalue weighted by molar-refractivity contribution is 7.08. The summed E-state index contributed by atoms with van der Waals surface area (Å²) in [4.78, 5) is 10.2. The highest BCUT2D eigenvalue weighted by atomic mass is 32.1. The molecular weight excluding hydrogens is 212 g/mol. The average Bonchev–Trinajstić information content (AvgIpc) is 2.71. The summed E-state index contributed by atoms with van der Waals surface area (Å²) in [6.07, 6.45) is 0. The molecule has 1 aromatic carbocycles. The van der Waals surface area contributed by atoms with Gasteiger partial charge >= 0.3 is 0 Å². The van der Waals surface area contributed by atoms with Crippen molar-refractivity contribution >= 4 is 22.7 Å². The Labute approximate surface area is 90.1 Å². The summed E-state index contributed by atoms with van der Waals surface area (Å²) in [7, 11) is 0. The molecule has 0 atom stereocenters. The van der Waals surface area contributed by atoms with E-state index in [0.717, 1.165) is 5.56 Å². The van der Waals surface area contributed by atoms with Gasteiger partial charge in [-0.05, 0) is 28.5 Å². The summed E-state index contributed by atoms with van der Waals surface area (Å²) in [5.74, 6) is 0. The Balaban J connectivity index is 2.55. The average molecular weight is 220 g/mol. The largest absolute Gasteiger partial charge is 0.398 e. The molecule has 15 heavy (non-hydrogen) atoms. The molecule has 0 aliphatic heterocycles. The molecule has 0 aliphatic carbocycles. The zero-order chi connectivity index (χ0) is 10.8. The normalized spacial score (nSPS) is 10.1. The van der Waals surface area contributed by atoms with Gasteiger partial charge in [-0.2, -0.15) is 11.3 Å². The van der Waals surface area contributed by atoms with Crippen LogP contribution in [0.3, 0.4) is 0 Å². The van der Waals surface area contributed by atoms with Crippen LogP contribution in [0.5, 0.6) is 0 Å². The van der Waals surface area contributed by atoms with Crippen molar-refractivity contribution in [2.24, 2.45) is 0 Å². The molecule has 4 nitrogen and oxygen atoms in total. The first kappa shape index (κ1) is 9.67. The van der Waals surface area contributed by atoms with E-state index in [0.29, 0.717) is 11.3 Å². The van der Waals surface area contributed by atoms with E-state index in [9.17, 15) is 10.1 Å². The predicted octanol–water partition coefficient (Wildman–Crippen LogP) is 2.91. The molecule has 5 heteroatoms. The van der Waals surface area contributed by atoms with E-state index in [4.69, 9.17) is 5.73 Å². The Hall–Kier alpha value is -1.88. The third kappa shape index (κ3) is 1.82. The molecule has 0 saturated carbocycles. The van der Waals surface area contributed by atoms with Crippen molar-refractivity contribution in [3.63, 3.8) is 0 Å². The van der Waals surface area contributed by atoms with Gasteiger partial charge in [0.25, 0.3) is 5.69 Å². The Morgan fingerprint density at radius 1 is 1.33 bits per heavy atom. The molecule has 0 saturated heterocycles. The summed E-state index contributed by atoms with van der Waals surface area (Å²) in [6, 6.07) is 6.35. The van der Waals surface area contributed by atoms with Gasteiger partial charge in [0.1, 0.15) is 0 Å². The van der Waals surface area contributed by atoms with Gasteiger partial charge in [-0.3, -0.25) is 10.1 Å². The molecule has 0 radical (unpaired) electrons. The number of nitro groups is 1. The van der Waals surface area contributed by atoms with Crippen LogP contribution in [0.25, 0.3) is 11.1 Å². The summed E-state index contributed by atoms with van der Waals surface area (Å²) < 4.78 is 0. The Bertz CT molecular complexity index is 494. The molecule has 2 rings (SSSR count). The topological polar surface area (TPSA) is 69.2 Å². The minimum atomic E-state index is -0.421. The molecule has 1 heterocycles. The molecule has 2 N–H and O–H groups in total. The first-order valence-corrected chi connectivity index (χ1v) is 5.19. The van der Waals surface area contributed by atoms with E-state index in [-0.39, 0.29) is 5.69 Å². The molecule has 0 aliphatic rings. The maximum absolute atomic E-state index is 10.6. The second-order valence-electron chi connectivity index (χ2n) is 3.04. The van der Waals surface area contributed by atoms with Gasteiger partial charge in [0.15, 0.2) is 0 Å². The van der Waals surface area contributed by atoms with E-state index < -0.39 is 4.92 Å². The zero-order valence-electron chi connectivity index (χ0n) is 7.71. The summed E-state index contributed by atoms with van der Waals surface area (Å²) in [6.45, 7) is 0. The maximum Gasteiger partial charge on any atom is 0.270 e. The highest BCUT2D eigenvalue weighted by Gasteiger charge is 2.10. The van der Waals surface area contributed by atoms with Crippen molar-refractivity contribution in [2.45, 2.75) is 0 Å². The molecule has 0 spiro atoms. The number of rotatable bonds is 2. The van der Waals surface area contributed by atoms with Crippen LogP contribution in [0.2, 0.25) is 0 Å². The van der Waals surface area contributed by atoms with Crippen molar-refractivity contribution in [1.82, 2.24) is 0 Å². The summed E-state index contributed by atoms with van der Waals surface area (Å²) in [5, 5.41) is 14.4. The molecule has 0 amide bonds. The van der Waals surface area contributed by atoms with Crippen LogP contribution in [-0.4, -0.2) is 4.92 Å². The van der Waals surface area contributed by atoms with Gasteiger partial charge in [-0.1, -0.05) is 0 Å². The van der Waals surface area contributed by atoms with Crippen molar-refractivity contribution in [3.05, 3.63) is 45.1 Å². The number of anilines is 1. The van der Waals surface area contributed by atoms with E-state index in [1.54, 1.807) is 6.07 Å². The maximum atomic E-state index is 10.6. The lowest BCUT2D eigenvalue weighted by Gasteiger charge is -2.02. The van der Waals surface area contributed by atoms with Gasteiger partial charge < -0.3 is 5.73 Å². The first-order chi connectivity index (χ1) is 7.18. The van der Waals surface area contributed by atoms with E-state index in [1.807, 2.05) is 16.8 Å². The molecule has 1 aromatic heterocycles. The second-order valence-corrected chi connectivity index (χ2v) is 3.82. The number of nitrogens with zero attached hydrogens (tertiary/aromatic N) is 1. The van der Waals surface area contributed by atoms with Gasteiger partial charge in [0.05, 0.1) is 4.92 Å². The van der Waals surface area contributed by atoms with Crippen LogP contribution < -0.4 is 5.73 Å². The van der Waals surface area contributed by atoms with Crippen molar-refractivity contribution in [2.75, 3.05) is 5.73 Å². The fourth-order valence-corrected chi connectivity index (χ4v) is 1.98. The Morgan fingerprint density at radius 2 is 2.13 bits per heavy atom. The van der Waals surface area contributed by atoms with Gasteiger partial charge in [-0.15, -0.1) is 0 Å². The third-order valence-corrected chi connectivity index (χ3v) is 2.76. The summed E-state index contributed by atoms with van der Waals surface area (Å²) in [5.41, 5.74) is 8.01. The number of nitro benzene ring substituents is 1. The van der Waals surface area contributed by atoms with Crippen molar-refractivity contribution < 1.29 is 4.92 Å². The number of hydrogen-bond acceptors (Lipinski definition) is 4. The lowest BCUT2D eigenvalue weighted by atomic mass is 10.1. The molecule has 0 bridgehead atoms. The van der Waals surface area contributed by atoms with Crippen LogP contribution >= 0.6 is 11.3 Å². The highest BCUT2D eigenvalue weighted by Crippen LogP contribution is 2.30.